The summed E-state index contributed by atoms with van der Waals surface area (Å²) in [4.78, 5) is 12.3. The summed E-state index contributed by atoms with van der Waals surface area (Å²) in [5, 5.41) is 2.90. The zero-order valence-electron chi connectivity index (χ0n) is 13.6. The first-order chi connectivity index (χ1) is 10.9. The highest BCUT2D eigenvalue weighted by molar-refractivity contribution is 7.88. The van der Waals surface area contributed by atoms with Gasteiger partial charge in [0, 0.05) is 25.2 Å². The molecule has 23 heavy (non-hydrogen) atoms. The highest BCUT2D eigenvalue weighted by Crippen LogP contribution is 2.20. The van der Waals surface area contributed by atoms with Gasteiger partial charge in [0.05, 0.1) is 18.8 Å². The average molecular weight is 340 g/mol. The zero-order chi connectivity index (χ0) is 16.9. The van der Waals surface area contributed by atoms with Crippen molar-refractivity contribution in [3.8, 4) is 5.75 Å². The van der Waals surface area contributed by atoms with E-state index < -0.39 is 10.0 Å². The molecule has 0 saturated carbocycles. The molecule has 1 heterocycles. The van der Waals surface area contributed by atoms with Crippen molar-refractivity contribution in [3.05, 3.63) is 29.8 Å². The van der Waals surface area contributed by atoms with Crippen LogP contribution in [-0.2, 0) is 21.4 Å². The molecule has 0 unspecified atom stereocenters. The van der Waals surface area contributed by atoms with Crippen molar-refractivity contribution in [2.45, 2.75) is 26.3 Å². The molecular formula is C16H24N2O4S. The summed E-state index contributed by atoms with van der Waals surface area (Å²) in [6.45, 7) is 3.62. The van der Waals surface area contributed by atoms with E-state index in [-0.39, 0.29) is 18.4 Å². The second-order valence-electron chi connectivity index (χ2n) is 5.72. The van der Waals surface area contributed by atoms with E-state index in [9.17, 15) is 13.2 Å². The number of hydrogen-bond acceptors (Lipinski definition) is 4. The van der Waals surface area contributed by atoms with E-state index in [1.54, 1.807) is 0 Å². The third-order valence-corrected chi connectivity index (χ3v) is 5.22. The number of piperidine rings is 1. The number of amides is 1. The minimum Gasteiger partial charge on any atom is -0.494 e. The second-order valence-corrected chi connectivity index (χ2v) is 7.70. The highest BCUT2D eigenvalue weighted by atomic mass is 32.2. The predicted octanol–water partition coefficient (Wildman–Crippen LogP) is 1.37. The Bertz CT molecular complexity index is 645. The standard InChI is InChI=1S/C16H24N2O4S/c1-3-22-15-9-5-4-7-13(15)11-17-16(19)14-8-6-10-18(12-14)23(2,20)21/h4-5,7,9,14H,3,6,8,10-12H2,1-2H3,(H,17,19)/t14-/m0/s1. The molecule has 1 aliphatic rings. The van der Waals surface area contributed by atoms with Gasteiger partial charge in [-0.2, -0.15) is 0 Å². The van der Waals surface area contributed by atoms with Crippen LogP contribution in [0.5, 0.6) is 5.75 Å². The third kappa shape index (κ3) is 4.94. The maximum atomic E-state index is 12.3. The number of nitrogens with zero attached hydrogens (tertiary/aromatic N) is 1. The van der Waals surface area contributed by atoms with Gasteiger partial charge in [-0.15, -0.1) is 0 Å². The Kier molecular flexibility index (Phi) is 6.01. The van der Waals surface area contributed by atoms with Crippen molar-refractivity contribution in [3.63, 3.8) is 0 Å². The van der Waals surface area contributed by atoms with E-state index in [1.165, 1.54) is 10.6 Å². The number of ether oxygens (including phenoxy) is 1. The number of benzene rings is 1. The quantitative estimate of drug-likeness (QED) is 0.849. The fraction of sp³-hybridized carbons (Fsp3) is 0.562. The van der Waals surface area contributed by atoms with Crippen molar-refractivity contribution < 1.29 is 17.9 Å². The van der Waals surface area contributed by atoms with Crippen LogP contribution in [0.15, 0.2) is 24.3 Å². The fourth-order valence-electron chi connectivity index (χ4n) is 2.73. The minimum atomic E-state index is -3.24. The van der Waals surface area contributed by atoms with E-state index in [2.05, 4.69) is 5.32 Å². The summed E-state index contributed by atoms with van der Waals surface area (Å²) in [7, 11) is -3.24. The number of para-hydroxylation sites is 1. The molecule has 1 amide bonds. The van der Waals surface area contributed by atoms with E-state index >= 15 is 0 Å². The van der Waals surface area contributed by atoms with Crippen LogP contribution in [0, 0.1) is 5.92 Å². The summed E-state index contributed by atoms with van der Waals surface area (Å²) in [6, 6.07) is 7.57. The Labute approximate surface area is 137 Å². The van der Waals surface area contributed by atoms with Gasteiger partial charge in [-0.05, 0) is 25.8 Å². The number of carbonyl (C=O) groups is 1. The van der Waals surface area contributed by atoms with Crippen LogP contribution in [0.2, 0.25) is 0 Å². The maximum Gasteiger partial charge on any atom is 0.224 e. The normalized spacial score (nSPS) is 19.3. The SMILES string of the molecule is CCOc1ccccc1CNC(=O)[C@H]1CCCN(S(C)(=O)=O)C1. The van der Waals surface area contributed by atoms with Crippen molar-refractivity contribution >= 4 is 15.9 Å². The monoisotopic (exact) mass is 340 g/mol. The molecule has 128 valence electrons. The first-order valence-electron chi connectivity index (χ1n) is 7.85. The Hall–Kier alpha value is -1.60. The number of nitrogens with one attached hydrogen (secondary N) is 1. The molecular weight excluding hydrogens is 316 g/mol. The lowest BCUT2D eigenvalue weighted by atomic mass is 9.98. The molecule has 0 radical (unpaired) electrons. The van der Waals surface area contributed by atoms with Gasteiger partial charge in [-0.25, -0.2) is 12.7 Å². The molecule has 1 N–H and O–H groups in total. The third-order valence-electron chi connectivity index (χ3n) is 3.95. The lowest BCUT2D eigenvalue weighted by Gasteiger charge is -2.30. The first kappa shape index (κ1) is 17.7. The number of carbonyl (C=O) groups excluding carboxylic acids is 1. The van der Waals surface area contributed by atoms with Crippen molar-refractivity contribution in [2.75, 3.05) is 26.0 Å². The molecule has 1 saturated heterocycles. The predicted molar refractivity (Wildman–Crippen MR) is 88.6 cm³/mol. The molecule has 0 aliphatic carbocycles. The highest BCUT2D eigenvalue weighted by Gasteiger charge is 2.30. The Morgan fingerprint density at radius 2 is 2.13 bits per heavy atom. The molecule has 0 spiro atoms. The van der Waals surface area contributed by atoms with Gasteiger partial charge in [0.25, 0.3) is 0 Å². The van der Waals surface area contributed by atoms with Crippen LogP contribution < -0.4 is 10.1 Å². The van der Waals surface area contributed by atoms with Gasteiger partial charge in [0.15, 0.2) is 0 Å². The van der Waals surface area contributed by atoms with E-state index in [0.717, 1.165) is 11.3 Å². The van der Waals surface area contributed by atoms with Gasteiger partial charge in [-0.3, -0.25) is 4.79 Å². The molecule has 1 atom stereocenters. The van der Waals surface area contributed by atoms with Gasteiger partial charge < -0.3 is 10.1 Å². The number of sulfonamides is 1. The lowest BCUT2D eigenvalue weighted by Crippen LogP contribution is -2.44. The van der Waals surface area contributed by atoms with E-state index in [1.807, 2.05) is 31.2 Å². The second kappa shape index (κ2) is 7.79. The van der Waals surface area contributed by atoms with Crippen LogP contribution in [0.25, 0.3) is 0 Å². The van der Waals surface area contributed by atoms with Gasteiger partial charge >= 0.3 is 0 Å². The number of rotatable bonds is 6. The molecule has 0 aromatic heterocycles. The minimum absolute atomic E-state index is 0.107. The lowest BCUT2D eigenvalue weighted by molar-refractivity contribution is -0.126. The Morgan fingerprint density at radius 3 is 2.83 bits per heavy atom. The van der Waals surface area contributed by atoms with Crippen LogP contribution in [-0.4, -0.2) is 44.6 Å². The molecule has 2 rings (SSSR count). The largest absolute Gasteiger partial charge is 0.494 e. The Morgan fingerprint density at radius 1 is 1.39 bits per heavy atom. The van der Waals surface area contributed by atoms with E-state index in [0.29, 0.717) is 32.5 Å². The van der Waals surface area contributed by atoms with Crippen LogP contribution in [0.1, 0.15) is 25.3 Å². The summed E-state index contributed by atoms with van der Waals surface area (Å²) < 4.78 is 30.2. The van der Waals surface area contributed by atoms with Crippen molar-refractivity contribution in [2.24, 2.45) is 5.92 Å². The Balaban J connectivity index is 1.95. The van der Waals surface area contributed by atoms with Gasteiger partial charge in [0.1, 0.15) is 5.75 Å². The molecule has 1 aromatic carbocycles. The summed E-state index contributed by atoms with van der Waals surface area (Å²) in [5.41, 5.74) is 0.915. The van der Waals surface area contributed by atoms with Crippen LogP contribution in [0.3, 0.4) is 0 Å². The average Bonchev–Trinajstić information content (AvgIpc) is 2.53. The maximum absolute atomic E-state index is 12.3. The molecule has 1 aliphatic heterocycles. The molecule has 1 fully saturated rings. The van der Waals surface area contributed by atoms with Crippen molar-refractivity contribution in [1.82, 2.24) is 9.62 Å². The molecule has 1 aromatic rings. The summed E-state index contributed by atoms with van der Waals surface area (Å²) in [5.74, 6) is 0.360. The first-order valence-corrected chi connectivity index (χ1v) is 9.70. The smallest absolute Gasteiger partial charge is 0.224 e. The topological polar surface area (TPSA) is 75.7 Å². The zero-order valence-corrected chi connectivity index (χ0v) is 14.4. The van der Waals surface area contributed by atoms with Crippen LogP contribution in [0.4, 0.5) is 0 Å². The summed E-state index contributed by atoms with van der Waals surface area (Å²) >= 11 is 0. The number of hydrogen-bond donors (Lipinski definition) is 1. The summed E-state index contributed by atoms with van der Waals surface area (Å²) in [6.07, 6.45) is 2.61. The molecule has 7 heteroatoms. The van der Waals surface area contributed by atoms with E-state index in [4.69, 9.17) is 4.74 Å². The van der Waals surface area contributed by atoms with Gasteiger partial charge in [-0.1, -0.05) is 18.2 Å². The fourth-order valence-corrected chi connectivity index (χ4v) is 3.64. The van der Waals surface area contributed by atoms with Crippen molar-refractivity contribution in [1.29, 1.82) is 0 Å². The van der Waals surface area contributed by atoms with Crippen LogP contribution >= 0.6 is 0 Å². The van der Waals surface area contributed by atoms with Gasteiger partial charge in [0.2, 0.25) is 15.9 Å². The molecule has 6 nitrogen and oxygen atoms in total. The molecule has 0 bridgehead atoms.